The van der Waals surface area contributed by atoms with Gasteiger partial charge in [0, 0.05) is 11.1 Å². The fourth-order valence-electron chi connectivity index (χ4n) is 1.79. The highest BCUT2D eigenvalue weighted by atomic mass is 35.5. The summed E-state index contributed by atoms with van der Waals surface area (Å²) in [5.41, 5.74) is 0.579. The Balaban J connectivity index is 1.73. The first-order valence-electron chi connectivity index (χ1n) is 6.28. The van der Waals surface area contributed by atoms with Gasteiger partial charge in [0.05, 0.1) is 10.6 Å². The fraction of sp³-hybridized carbons (Fsp3) is 0.0667. The lowest BCUT2D eigenvalue weighted by Gasteiger charge is -2.02. The molecule has 0 spiro atoms. The molecular weight excluding hydrogens is 330 g/mol. The van der Waals surface area contributed by atoms with Gasteiger partial charge >= 0.3 is 0 Å². The van der Waals surface area contributed by atoms with Gasteiger partial charge in [-0.05, 0) is 30.3 Å². The van der Waals surface area contributed by atoms with E-state index in [0.717, 1.165) is 0 Å². The van der Waals surface area contributed by atoms with Crippen LogP contribution in [0.1, 0.15) is 5.82 Å². The van der Waals surface area contributed by atoms with Crippen LogP contribution in [0.2, 0.25) is 10.0 Å². The molecule has 3 aromatic rings. The molecule has 1 heterocycles. The average Bonchev–Trinajstić information content (AvgIpc) is 2.94. The lowest BCUT2D eigenvalue weighted by atomic mass is 10.2. The maximum Gasteiger partial charge on any atom is 0.259 e. The van der Waals surface area contributed by atoms with Crippen molar-refractivity contribution >= 4 is 23.2 Å². The largest absolute Gasteiger partial charge is 0.485 e. The lowest BCUT2D eigenvalue weighted by molar-refractivity contribution is 0.286. The molecule has 0 aliphatic rings. The minimum absolute atomic E-state index is 0.0537. The molecule has 7 heteroatoms. The van der Waals surface area contributed by atoms with Crippen LogP contribution in [0.5, 0.6) is 5.75 Å². The van der Waals surface area contributed by atoms with Gasteiger partial charge in [0.1, 0.15) is 11.6 Å². The van der Waals surface area contributed by atoms with E-state index in [1.54, 1.807) is 30.3 Å². The second-order valence-electron chi connectivity index (χ2n) is 4.39. The highest BCUT2D eigenvalue weighted by Crippen LogP contribution is 2.29. The molecule has 0 radical (unpaired) electrons. The Morgan fingerprint density at radius 2 is 2.00 bits per heavy atom. The van der Waals surface area contributed by atoms with Crippen molar-refractivity contribution in [2.24, 2.45) is 0 Å². The molecular formula is C15H9Cl2FN2O2. The number of ether oxygens (including phenoxy) is 1. The third-order valence-electron chi connectivity index (χ3n) is 2.79. The molecule has 4 nitrogen and oxygen atoms in total. The van der Waals surface area contributed by atoms with Crippen molar-refractivity contribution in [3.8, 4) is 17.2 Å². The first kappa shape index (κ1) is 14.8. The van der Waals surface area contributed by atoms with E-state index >= 15 is 0 Å². The highest BCUT2D eigenvalue weighted by molar-refractivity contribution is 6.36. The third-order valence-corrected chi connectivity index (χ3v) is 3.34. The van der Waals surface area contributed by atoms with Crippen LogP contribution in [0.4, 0.5) is 4.39 Å². The molecule has 0 fully saturated rings. The minimum Gasteiger partial charge on any atom is -0.485 e. The summed E-state index contributed by atoms with van der Waals surface area (Å²) in [4.78, 5) is 4.18. The molecule has 0 atom stereocenters. The molecule has 0 saturated heterocycles. The molecule has 1 aromatic heterocycles. The van der Waals surface area contributed by atoms with Gasteiger partial charge in [0.25, 0.3) is 5.89 Å². The molecule has 0 saturated carbocycles. The van der Waals surface area contributed by atoms with Crippen LogP contribution in [0.15, 0.2) is 47.0 Å². The molecule has 0 aliphatic carbocycles. The zero-order valence-electron chi connectivity index (χ0n) is 11.1. The number of hydrogen-bond acceptors (Lipinski definition) is 4. The van der Waals surface area contributed by atoms with E-state index in [1.165, 1.54) is 12.1 Å². The zero-order chi connectivity index (χ0) is 15.5. The van der Waals surface area contributed by atoms with Crippen LogP contribution < -0.4 is 4.74 Å². The molecule has 22 heavy (non-hydrogen) atoms. The SMILES string of the molecule is Fc1cccc(OCc2noc(-c3ccc(Cl)cc3Cl)n2)c1. The van der Waals surface area contributed by atoms with E-state index in [0.29, 0.717) is 27.2 Å². The Morgan fingerprint density at radius 1 is 1.14 bits per heavy atom. The number of hydrogen-bond donors (Lipinski definition) is 0. The van der Waals surface area contributed by atoms with Gasteiger partial charge < -0.3 is 9.26 Å². The van der Waals surface area contributed by atoms with Gasteiger partial charge in [-0.15, -0.1) is 0 Å². The van der Waals surface area contributed by atoms with Crippen LogP contribution >= 0.6 is 23.2 Å². The van der Waals surface area contributed by atoms with Crippen LogP contribution in [0.3, 0.4) is 0 Å². The predicted octanol–water partition coefficient (Wildman–Crippen LogP) is 4.76. The fourth-order valence-corrected chi connectivity index (χ4v) is 2.28. The number of rotatable bonds is 4. The maximum atomic E-state index is 13.0. The Hall–Kier alpha value is -2.11. The first-order valence-corrected chi connectivity index (χ1v) is 7.04. The van der Waals surface area contributed by atoms with E-state index in [2.05, 4.69) is 10.1 Å². The number of nitrogens with zero attached hydrogens (tertiary/aromatic N) is 2. The van der Waals surface area contributed by atoms with Crippen molar-refractivity contribution in [1.82, 2.24) is 10.1 Å². The van der Waals surface area contributed by atoms with E-state index < -0.39 is 0 Å². The minimum atomic E-state index is -0.376. The van der Waals surface area contributed by atoms with Crippen molar-refractivity contribution in [2.45, 2.75) is 6.61 Å². The molecule has 0 N–H and O–H groups in total. The maximum absolute atomic E-state index is 13.0. The third kappa shape index (κ3) is 3.37. The van der Waals surface area contributed by atoms with Gasteiger partial charge in [-0.2, -0.15) is 4.98 Å². The molecule has 2 aromatic carbocycles. The normalized spacial score (nSPS) is 10.7. The van der Waals surface area contributed by atoms with Crippen molar-refractivity contribution in [2.75, 3.05) is 0 Å². The van der Waals surface area contributed by atoms with Crippen LogP contribution in [-0.2, 0) is 6.61 Å². The smallest absolute Gasteiger partial charge is 0.259 e. The molecule has 0 aliphatic heterocycles. The summed E-state index contributed by atoms with van der Waals surface area (Å²) < 4.78 is 23.6. The van der Waals surface area contributed by atoms with Crippen molar-refractivity contribution in [1.29, 1.82) is 0 Å². The molecule has 0 unspecified atom stereocenters. The standard InChI is InChI=1S/C15H9Cl2FN2O2/c16-9-4-5-12(13(17)6-9)15-19-14(20-22-15)8-21-11-3-1-2-10(18)7-11/h1-7H,8H2. The van der Waals surface area contributed by atoms with Gasteiger partial charge in [-0.25, -0.2) is 4.39 Å². The second-order valence-corrected chi connectivity index (χ2v) is 5.23. The van der Waals surface area contributed by atoms with E-state index in [9.17, 15) is 4.39 Å². The van der Waals surface area contributed by atoms with Crippen LogP contribution in [-0.4, -0.2) is 10.1 Å². The molecule has 0 bridgehead atoms. The van der Waals surface area contributed by atoms with Gasteiger partial charge in [0.15, 0.2) is 6.61 Å². The summed E-state index contributed by atoms with van der Waals surface area (Å²) >= 11 is 11.9. The average molecular weight is 339 g/mol. The van der Waals surface area contributed by atoms with Gasteiger partial charge in [0.2, 0.25) is 5.82 Å². The number of halogens is 3. The van der Waals surface area contributed by atoms with Crippen molar-refractivity contribution in [3.05, 3.63) is 64.2 Å². The highest BCUT2D eigenvalue weighted by Gasteiger charge is 2.13. The Morgan fingerprint density at radius 3 is 2.77 bits per heavy atom. The quantitative estimate of drug-likeness (QED) is 0.687. The number of aromatic nitrogens is 2. The van der Waals surface area contributed by atoms with Crippen LogP contribution in [0.25, 0.3) is 11.5 Å². The Labute approximate surface area is 135 Å². The first-order chi connectivity index (χ1) is 10.6. The molecule has 0 amide bonds. The summed E-state index contributed by atoms with van der Waals surface area (Å²) in [6.45, 7) is 0.0537. The summed E-state index contributed by atoms with van der Waals surface area (Å²) in [6.07, 6.45) is 0. The van der Waals surface area contributed by atoms with E-state index in [1.807, 2.05) is 0 Å². The van der Waals surface area contributed by atoms with Crippen molar-refractivity contribution < 1.29 is 13.7 Å². The summed E-state index contributed by atoms with van der Waals surface area (Å²) in [7, 11) is 0. The molecule has 112 valence electrons. The second kappa shape index (κ2) is 6.34. The summed E-state index contributed by atoms with van der Waals surface area (Å²) in [5.74, 6) is 0.597. The van der Waals surface area contributed by atoms with E-state index in [-0.39, 0.29) is 18.3 Å². The lowest BCUT2D eigenvalue weighted by Crippen LogP contribution is -1.97. The summed E-state index contributed by atoms with van der Waals surface area (Å²) in [6, 6.07) is 10.8. The van der Waals surface area contributed by atoms with E-state index in [4.69, 9.17) is 32.5 Å². The van der Waals surface area contributed by atoms with Crippen molar-refractivity contribution in [3.63, 3.8) is 0 Å². The monoisotopic (exact) mass is 338 g/mol. The Kier molecular flexibility index (Phi) is 4.27. The van der Waals surface area contributed by atoms with Crippen LogP contribution in [0, 0.1) is 5.82 Å². The topological polar surface area (TPSA) is 48.2 Å². The Bertz CT molecular complexity index is 808. The summed E-state index contributed by atoms with van der Waals surface area (Å²) in [5, 5.41) is 4.72. The molecule has 3 rings (SSSR count). The predicted molar refractivity (Wildman–Crippen MR) is 80.5 cm³/mol. The number of benzene rings is 2. The van der Waals surface area contributed by atoms with Gasteiger partial charge in [-0.3, -0.25) is 0 Å². The van der Waals surface area contributed by atoms with Gasteiger partial charge in [-0.1, -0.05) is 34.4 Å². The zero-order valence-corrected chi connectivity index (χ0v) is 12.6.